The number of hydrogen-bond acceptors (Lipinski definition) is 6. The Hall–Kier alpha value is -2.29. The van der Waals surface area contributed by atoms with E-state index in [0.717, 1.165) is 12.0 Å². The molecule has 0 N–H and O–H groups in total. The molecule has 0 aromatic heterocycles. The number of esters is 1. The molecule has 0 aliphatic carbocycles. The maximum atomic E-state index is 13.1. The van der Waals surface area contributed by atoms with Crippen molar-refractivity contribution < 1.29 is 27.4 Å². The molecule has 1 fully saturated rings. The minimum Gasteiger partial charge on any atom is -0.490 e. The van der Waals surface area contributed by atoms with Crippen molar-refractivity contribution >= 4 is 27.6 Å². The predicted octanol–water partition coefficient (Wildman–Crippen LogP) is 3.65. The minimum atomic E-state index is -3.69. The van der Waals surface area contributed by atoms with Crippen molar-refractivity contribution in [1.29, 1.82) is 0 Å². The van der Waals surface area contributed by atoms with Crippen LogP contribution in [-0.4, -0.2) is 45.0 Å². The topological polar surface area (TPSA) is 82.1 Å². The third-order valence-corrected chi connectivity index (χ3v) is 7.54. The van der Waals surface area contributed by atoms with Gasteiger partial charge in [0.05, 0.1) is 24.0 Å². The number of benzene rings is 2. The number of rotatable bonds is 5. The largest absolute Gasteiger partial charge is 0.490 e. The predicted molar refractivity (Wildman–Crippen MR) is 115 cm³/mol. The normalized spacial score (nSPS) is 17.7. The van der Waals surface area contributed by atoms with Gasteiger partial charge in [0, 0.05) is 30.6 Å². The minimum absolute atomic E-state index is 0.148. The van der Waals surface area contributed by atoms with E-state index in [4.69, 9.17) is 25.8 Å². The van der Waals surface area contributed by atoms with E-state index in [2.05, 4.69) is 0 Å². The molecule has 0 bridgehead atoms. The number of halogens is 1. The summed E-state index contributed by atoms with van der Waals surface area (Å²) in [4.78, 5) is 12.6. The van der Waals surface area contributed by atoms with Crippen LogP contribution in [0.1, 0.15) is 24.8 Å². The van der Waals surface area contributed by atoms with Crippen molar-refractivity contribution in [2.24, 2.45) is 5.92 Å². The molecule has 166 valence electrons. The smallest absolute Gasteiger partial charge is 0.309 e. The lowest BCUT2D eigenvalue weighted by Gasteiger charge is -2.30. The maximum absolute atomic E-state index is 13.1. The van der Waals surface area contributed by atoms with E-state index in [1.807, 2.05) is 6.07 Å². The van der Waals surface area contributed by atoms with E-state index in [1.54, 1.807) is 24.3 Å². The Bertz CT molecular complexity index is 1050. The average molecular weight is 466 g/mol. The lowest BCUT2D eigenvalue weighted by Crippen LogP contribution is -2.40. The van der Waals surface area contributed by atoms with Crippen LogP contribution in [-0.2, 0) is 26.2 Å². The molecule has 2 aliphatic heterocycles. The second-order valence-electron chi connectivity index (χ2n) is 7.58. The van der Waals surface area contributed by atoms with E-state index in [1.165, 1.54) is 16.4 Å². The zero-order valence-corrected chi connectivity index (χ0v) is 18.5. The van der Waals surface area contributed by atoms with Crippen LogP contribution in [0.3, 0.4) is 0 Å². The number of carbonyl (C=O) groups is 1. The second kappa shape index (κ2) is 9.46. The molecular weight excluding hydrogens is 442 g/mol. The van der Waals surface area contributed by atoms with Crippen LogP contribution in [0.2, 0.25) is 5.02 Å². The number of fused-ring (bicyclic) bond motifs is 1. The van der Waals surface area contributed by atoms with Gasteiger partial charge in [0.15, 0.2) is 11.5 Å². The molecule has 2 heterocycles. The number of nitrogens with zero attached hydrogens (tertiary/aromatic N) is 1. The Morgan fingerprint density at radius 2 is 1.81 bits per heavy atom. The van der Waals surface area contributed by atoms with Crippen LogP contribution in [0.25, 0.3) is 0 Å². The third kappa shape index (κ3) is 5.14. The standard InChI is InChI=1S/C22H24ClNO6S/c23-18-4-1-3-16(13-18)15-30-22(25)17-7-9-24(10-8-17)31(26,27)19-5-6-20-21(14-19)29-12-2-11-28-20/h1,3-6,13-14,17H,2,7-12,15H2. The SMILES string of the molecule is O=C(OCc1cccc(Cl)c1)C1CCN(S(=O)(=O)c2ccc3c(c2)OCCCO3)CC1. The Morgan fingerprint density at radius 3 is 2.55 bits per heavy atom. The van der Waals surface area contributed by atoms with Gasteiger partial charge >= 0.3 is 5.97 Å². The average Bonchev–Trinajstić information content (AvgIpc) is 3.02. The highest BCUT2D eigenvalue weighted by molar-refractivity contribution is 7.89. The Kier molecular flexibility index (Phi) is 6.69. The van der Waals surface area contributed by atoms with Gasteiger partial charge in [-0.25, -0.2) is 8.42 Å². The molecule has 2 aliphatic rings. The Labute approximate surface area is 186 Å². The van der Waals surface area contributed by atoms with Crippen LogP contribution >= 0.6 is 11.6 Å². The first-order valence-electron chi connectivity index (χ1n) is 10.2. The van der Waals surface area contributed by atoms with Crippen LogP contribution in [0.4, 0.5) is 0 Å². The lowest BCUT2D eigenvalue weighted by atomic mass is 9.98. The summed E-state index contributed by atoms with van der Waals surface area (Å²) in [7, 11) is -3.69. The summed E-state index contributed by atoms with van der Waals surface area (Å²) in [6.45, 7) is 1.69. The zero-order valence-electron chi connectivity index (χ0n) is 17.0. The molecule has 7 nitrogen and oxygen atoms in total. The first-order chi connectivity index (χ1) is 14.9. The summed E-state index contributed by atoms with van der Waals surface area (Å²) >= 11 is 5.95. The van der Waals surface area contributed by atoms with Crippen molar-refractivity contribution in [2.75, 3.05) is 26.3 Å². The Morgan fingerprint density at radius 1 is 1.06 bits per heavy atom. The quantitative estimate of drug-likeness (QED) is 0.627. The van der Waals surface area contributed by atoms with Gasteiger partial charge in [-0.15, -0.1) is 0 Å². The van der Waals surface area contributed by atoms with Crippen molar-refractivity contribution in [3.8, 4) is 11.5 Å². The highest BCUT2D eigenvalue weighted by Gasteiger charge is 2.33. The number of hydrogen-bond donors (Lipinski definition) is 0. The van der Waals surface area contributed by atoms with Crippen molar-refractivity contribution in [1.82, 2.24) is 4.31 Å². The van der Waals surface area contributed by atoms with Crippen molar-refractivity contribution in [3.05, 3.63) is 53.1 Å². The van der Waals surface area contributed by atoms with E-state index < -0.39 is 10.0 Å². The molecule has 4 rings (SSSR count). The number of ether oxygens (including phenoxy) is 3. The maximum Gasteiger partial charge on any atom is 0.309 e. The molecule has 0 spiro atoms. The van der Waals surface area contributed by atoms with Gasteiger partial charge < -0.3 is 14.2 Å². The number of carbonyl (C=O) groups excluding carboxylic acids is 1. The molecule has 31 heavy (non-hydrogen) atoms. The van der Waals surface area contributed by atoms with E-state index in [9.17, 15) is 13.2 Å². The third-order valence-electron chi connectivity index (χ3n) is 5.41. The van der Waals surface area contributed by atoms with Gasteiger partial charge in [0.1, 0.15) is 6.61 Å². The number of sulfonamides is 1. The van der Waals surface area contributed by atoms with Gasteiger partial charge in [-0.3, -0.25) is 4.79 Å². The fourth-order valence-electron chi connectivity index (χ4n) is 3.68. The van der Waals surface area contributed by atoms with Crippen LogP contribution < -0.4 is 9.47 Å². The second-order valence-corrected chi connectivity index (χ2v) is 9.95. The van der Waals surface area contributed by atoms with Gasteiger partial charge in [0.2, 0.25) is 10.0 Å². The molecule has 0 radical (unpaired) electrons. The highest BCUT2D eigenvalue weighted by Crippen LogP contribution is 2.34. The van der Waals surface area contributed by atoms with E-state index in [-0.39, 0.29) is 36.5 Å². The molecule has 9 heteroatoms. The fraction of sp³-hybridized carbons (Fsp3) is 0.409. The summed E-state index contributed by atoms with van der Waals surface area (Å²) < 4.78 is 44.2. The summed E-state index contributed by atoms with van der Waals surface area (Å²) in [5.74, 6) is 0.359. The molecule has 0 amide bonds. The van der Waals surface area contributed by atoms with Gasteiger partial charge in [-0.1, -0.05) is 23.7 Å². The lowest BCUT2D eigenvalue weighted by molar-refractivity contribution is -0.151. The van der Waals surface area contributed by atoms with Gasteiger partial charge in [-0.05, 0) is 42.7 Å². The molecule has 0 unspecified atom stereocenters. The Balaban J connectivity index is 1.35. The molecule has 2 aromatic carbocycles. The van der Waals surface area contributed by atoms with Crippen molar-refractivity contribution in [2.45, 2.75) is 30.8 Å². The summed E-state index contributed by atoms with van der Waals surface area (Å²) in [6.07, 6.45) is 1.58. The van der Waals surface area contributed by atoms with Crippen LogP contribution in [0, 0.1) is 5.92 Å². The fourth-order valence-corrected chi connectivity index (χ4v) is 5.38. The summed E-state index contributed by atoms with van der Waals surface area (Å²) in [5, 5.41) is 0.585. The van der Waals surface area contributed by atoms with Crippen LogP contribution in [0.15, 0.2) is 47.4 Å². The van der Waals surface area contributed by atoms with E-state index >= 15 is 0 Å². The van der Waals surface area contributed by atoms with Gasteiger partial charge in [-0.2, -0.15) is 4.31 Å². The molecule has 2 aromatic rings. The molecule has 0 atom stereocenters. The highest BCUT2D eigenvalue weighted by atomic mass is 35.5. The van der Waals surface area contributed by atoms with Gasteiger partial charge in [0.25, 0.3) is 0 Å². The first kappa shape index (κ1) is 21.9. The summed E-state index contributed by atoms with van der Waals surface area (Å²) in [6, 6.07) is 11.8. The molecular formula is C22H24ClNO6S. The molecule has 0 saturated carbocycles. The molecule has 1 saturated heterocycles. The van der Waals surface area contributed by atoms with E-state index in [0.29, 0.717) is 42.6 Å². The first-order valence-corrected chi connectivity index (χ1v) is 12.1. The zero-order chi connectivity index (χ0) is 21.8. The van der Waals surface area contributed by atoms with Crippen molar-refractivity contribution in [3.63, 3.8) is 0 Å². The van der Waals surface area contributed by atoms with Crippen LogP contribution in [0.5, 0.6) is 11.5 Å². The monoisotopic (exact) mass is 465 g/mol. The number of piperidine rings is 1. The summed E-state index contributed by atoms with van der Waals surface area (Å²) in [5.41, 5.74) is 0.815.